The SMILES string of the molecule is N#COC(=O)CCCC[C@H]1SC[C@@H]2[C@H]1N(Cc1ccccc1)C(=O)N2Cc1ccccc1. The number of ether oxygens (including phenoxy) is 1. The van der Waals surface area contributed by atoms with Crippen LogP contribution < -0.4 is 0 Å². The average molecular weight is 450 g/mol. The van der Waals surface area contributed by atoms with Gasteiger partial charge in [0.2, 0.25) is 0 Å². The molecule has 0 N–H and O–H groups in total. The molecule has 2 heterocycles. The Bertz CT molecular complexity index is 963. The first-order valence-corrected chi connectivity index (χ1v) is 12.1. The predicted octanol–water partition coefficient (Wildman–Crippen LogP) is 4.56. The fourth-order valence-electron chi connectivity index (χ4n) is 4.67. The molecule has 6 nitrogen and oxygen atoms in total. The van der Waals surface area contributed by atoms with Crippen LogP contribution in [-0.4, -0.2) is 44.9 Å². The fraction of sp³-hybridized carbons (Fsp3) is 0.400. The van der Waals surface area contributed by atoms with E-state index < -0.39 is 5.97 Å². The molecule has 0 bridgehead atoms. The number of fused-ring (bicyclic) bond motifs is 1. The molecule has 0 aromatic heterocycles. The number of nitriles is 1. The van der Waals surface area contributed by atoms with Crippen molar-refractivity contribution < 1.29 is 14.3 Å². The minimum Gasteiger partial charge on any atom is -0.351 e. The summed E-state index contributed by atoms with van der Waals surface area (Å²) >= 11 is 1.93. The molecule has 7 heteroatoms. The van der Waals surface area contributed by atoms with Crippen molar-refractivity contribution in [2.45, 2.75) is 56.1 Å². The molecule has 2 fully saturated rings. The van der Waals surface area contributed by atoms with Crippen LogP contribution in [0.4, 0.5) is 4.79 Å². The normalized spacial score (nSPS) is 22.0. The van der Waals surface area contributed by atoms with Crippen molar-refractivity contribution in [3.8, 4) is 6.26 Å². The number of rotatable bonds is 9. The standard InChI is InChI=1S/C25H27N3O3S/c26-18-31-23(29)14-8-7-13-22-24-21(17-32-22)27(15-19-9-3-1-4-10-19)25(30)28(24)16-20-11-5-2-6-12-20/h1-6,9-12,21-22,24H,7-8,13-17H2/t21-,22-,24-/m1/s1. The maximum absolute atomic E-state index is 13.5. The largest absolute Gasteiger partial charge is 0.351 e. The molecule has 2 aromatic carbocycles. The molecule has 32 heavy (non-hydrogen) atoms. The summed E-state index contributed by atoms with van der Waals surface area (Å²) in [5.41, 5.74) is 2.28. The van der Waals surface area contributed by atoms with Crippen molar-refractivity contribution in [3.63, 3.8) is 0 Å². The number of hydrogen-bond donors (Lipinski definition) is 0. The van der Waals surface area contributed by atoms with Crippen LogP contribution in [0.25, 0.3) is 0 Å². The van der Waals surface area contributed by atoms with E-state index in [1.807, 2.05) is 53.1 Å². The van der Waals surface area contributed by atoms with Gasteiger partial charge in [-0.25, -0.2) is 4.79 Å². The van der Waals surface area contributed by atoms with Crippen LogP contribution in [0.5, 0.6) is 0 Å². The van der Waals surface area contributed by atoms with Crippen LogP contribution in [0.15, 0.2) is 60.7 Å². The van der Waals surface area contributed by atoms with E-state index in [1.165, 1.54) is 6.26 Å². The Hall–Kier alpha value is -2.98. The highest BCUT2D eigenvalue weighted by molar-refractivity contribution is 8.00. The molecule has 3 atom stereocenters. The summed E-state index contributed by atoms with van der Waals surface area (Å²) in [4.78, 5) is 29.0. The summed E-state index contributed by atoms with van der Waals surface area (Å²) in [6.45, 7) is 1.23. The summed E-state index contributed by atoms with van der Waals surface area (Å²) in [7, 11) is 0. The molecule has 0 unspecified atom stereocenters. The topological polar surface area (TPSA) is 73.6 Å². The zero-order valence-corrected chi connectivity index (χ0v) is 18.7. The summed E-state index contributed by atoms with van der Waals surface area (Å²) in [5, 5.41) is 8.77. The van der Waals surface area contributed by atoms with Gasteiger partial charge in [0.25, 0.3) is 6.26 Å². The van der Waals surface area contributed by atoms with Crippen molar-refractivity contribution in [1.82, 2.24) is 9.80 Å². The lowest BCUT2D eigenvalue weighted by Crippen LogP contribution is -2.40. The van der Waals surface area contributed by atoms with E-state index >= 15 is 0 Å². The Morgan fingerprint density at radius 3 is 2.25 bits per heavy atom. The van der Waals surface area contributed by atoms with Crippen LogP contribution >= 0.6 is 11.8 Å². The molecule has 0 aliphatic carbocycles. The van der Waals surface area contributed by atoms with E-state index in [4.69, 9.17) is 5.26 Å². The first kappa shape index (κ1) is 22.2. The molecule has 0 radical (unpaired) electrons. The molecule has 2 saturated heterocycles. The summed E-state index contributed by atoms with van der Waals surface area (Å²) < 4.78 is 4.35. The number of urea groups is 1. The first-order chi connectivity index (χ1) is 15.7. The molecule has 0 spiro atoms. The molecule has 2 aliphatic rings. The number of carbonyl (C=O) groups excluding carboxylic acids is 2. The van der Waals surface area contributed by atoms with Gasteiger partial charge in [-0.05, 0) is 24.0 Å². The average Bonchev–Trinajstić information content (AvgIpc) is 3.33. The zero-order chi connectivity index (χ0) is 22.3. The van der Waals surface area contributed by atoms with E-state index in [9.17, 15) is 9.59 Å². The molecule has 4 rings (SSSR count). The summed E-state index contributed by atoms with van der Waals surface area (Å²) in [6.07, 6.45) is 4.18. The monoisotopic (exact) mass is 449 g/mol. The summed E-state index contributed by atoms with van der Waals surface area (Å²) in [6, 6.07) is 20.8. The van der Waals surface area contributed by atoms with Crippen molar-refractivity contribution in [3.05, 3.63) is 71.8 Å². The first-order valence-electron chi connectivity index (χ1n) is 11.0. The predicted molar refractivity (Wildman–Crippen MR) is 123 cm³/mol. The van der Waals surface area contributed by atoms with Crippen LogP contribution in [0.1, 0.15) is 36.8 Å². The minimum absolute atomic E-state index is 0.107. The number of esters is 1. The van der Waals surface area contributed by atoms with Gasteiger partial charge in [-0.3, -0.25) is 4.79 Å². The lowest BCUT2D eigenvalue weighted by Gasteiger charge is -2.27. The Labute approximate surface area is 193 Å². The van der Waals surface area contributed by atoms with Gasteiger partial charge in [0.15, 0.2) is 0 Å². The number of hydrogen-bond acceptors (Lipinski definition) is 5. The number of benzene rings is 2. The second kappa shape index (κ2) is 10.6. The van der Waals surface area contributed by atoms with Crippen molar-refractivity contribution in [1.29, 1.82) is 5.26 Å². The van der Waals surface area contributed by atoms with Gasteiger partial charge in [0.1, 0.15) is 0 Å². The maximum Gasteiger partial charge on any atom is 0.321 e. The Balaban J connectivity index is 1.46. The van der Waals surface area contributed by atoms with Crippen molar-refractivity contribution in [2.24, 2.45) is 0 Å². The molecular formula is C25H27N3O3S. The Kier molecular flexibility index (Phi) is 7.33. The lowest BCUT2D eigenvalue weighted by atomic mass is 10.0. The van der Waals surface area contributed by atoms with Crippen LogP contribution in [0, 0.1) is 11.5 Å². The third-order valence-corrected chi connectivity index (χ3v) is 7.66. The van der Waals surface area contributed by atoms with Gasteiger partial charge < -0.3 is 14.5 Å². The van der Waals surface area contributed by atoms with E-state index in [0.717, 1.165) is 29.7 Å². The highest BCUT2D eigenvalue weighted by atomic mass is 32.2. The maximum atomic E-state index is 13.5. The van der Waals surface area contributed by atoms with Gasteiger partial charge in [0, 0.05) is 30.5 Å². The number of thioether (sulfide) groups is 1. The molecule has 0 saturated carbocycles. The van der Waals surface area contributed by atoms with Crippen LogP contribution in [0.2, 0.25) is 0 Å². The lowest BCUT2D eigenvalue weighted by molar-refractivity contribution is -0.137. The highest BCUT2D eigenvalue weighted by Crippen LogP contribution is 2.42. The number of unbranched alkanes of at least 4 members (excludes halogenated alkanes) is 1. The van der Waals surface area contributed by atoms with Crippen LogP contribution in [0.3, 0.4) is 0 Å². The highest BCUT2D eigenvalue weighted by Gasteiger charge is 2.52. The van der Waals surface area contributed by atoms with Gasteiger partial charge in [-0.2, -0.15) is 11.8 Å². The molecule has 166 valence electrons. The molecular weight excluding hydrogens is 422 g/mol. The number of amides is 2. The van der Waals surface area contributed by atoms with Crippen LogP contribution in [-0.2, 0) is 22.6 Å². The quantitative estimate of drug-likeness (QED) is 0.243. The minimum atomic E-state index is -0.472. The fourth-order valence-corrected chi connectivity index (χ4v) is 6.35. The molecule has 2 amide bonds. The van der Waals surface area contributed by atoms with Gasteiger partial charge in [-0.1, -0.05) is 67.1 Å². The van der Waals surface area contributed by atoms with E-state index in [0.29, 0.717) is 24.8 Å². The second-order valence-electron chi connectivity index (χ2n) is 8.25. The zero-order valence-electron chi connectivity index (χ0n) is 17.9. The second-order valence-corrected chi connectivity index (χ2v) is 9.52. The summed E-state index contributed by atoms with van der Waals surface area (Å²) in [5.74, 6) is 0.454. The molecule has 2 aromatic rings. The van der Waals surface area contributed by atoms with Crippen molar-refractivity contribution in [2.75, 3.05) is 5.75 Å². The van der Waals surface area contributed by atoms with Gasteiger partial charge in [0.05, 0.1) is 12.1 Å². The van der Waals surface area contributed by atoms with E-state index in [1.54, 1.807) is 0 Å². The third kappa shape index (κ3) is 5.08. The smallest absolute Gasteiger partial charge is 0.321 e. The van der Waals surface area contributed by atoms with E-state index in [2.05, 4.69) is 33.9 Å². The van der Waals surface area contributed by atoms with Gasteiger partial charge >= 0.3 is 12.0 Å². The third-order valence-electron chi connectivity index (χ3n) is 6.18. The van der Waals surface area contributed by atoms with Gasteiger partial charge in [-0.15, -0.1) is 5.26 Å². The van der Waals surface area contributed by atoms with E-state index in [-0.39, 0.29) is 24.5 Å². The Morgan fingerprint density at radius 2 is 1.62 bits per heavy atom. The molecule has 2 aliphatic heterocycles. The number of nitrogens with zero attached hydrogens (tertiary/aromatic N) is 3. The number of carbonyl (C=O) groups is 2. The Morgan fingerprint density at radius 1 is 1.00 bits per heavy atom. The van der Waals surface area contributed by atoms with Crippen molar-refractivity contribution >= 4 is 23.8 Å².